The number of alkyl halides is 2. The Morgan fingerprint density at radius 1 is 1.07 bits per heavy atom. The molecule has 0 saturated carbocycles. The molecule has 0 N–H and O–H groups in total. The molecule has 0 bridgehead atoms. The number of methoxy groups -OCH3 is 3. The number of halogens is 2. The van der Waals surface area contributed by atoms with Gasteiger partial charge < -0.3 is 23.7 Å². The van der Waals surface area contributed by atoms with Gasteiger partial charge >= 0.3 is 12.6 Å². The van der Waals surface area contributed by atoms with Crippen molar-refractivity contribution in [3.8, 4) is 23.0 Å². The highest BCUT2D eigenvalue weighted by atomic mass is 19.3. The lowest BCUT2D eigenvalue weighted by Crippen LogP contribution is -2.10. The van der Waals surface area contributed by atoms with E-state index in [1.165, 1.54) is 27.4 Å². The maximum absolute atomic E-state index is 12.5. The second-order valence-corrected chi connectivity index (χ2v) is 5.38. The lowest BCUT2D eigenvalue weighted by molar-refractivity contribution is -0.386. The minimum atomic E-state index is -3.20. The van der Waals surface area contributed by atoms with Crippen molar-refractivity contribution in [1.82, 2.24) is 0 Å². The SMILES string of the molecule is COc1cc(COC(=O)c2cccc(OC)c2OC)c([N+](=O)[O-])cc1OC(F)F. The van der Waals surface area contributed by atoms with E-state index in [9.17, 15) is 23.7 Å². The number of esters is 1. The quantitative estimate of drug-likeness (QED) is 0.349. The highest BCUT2D eigenvalue weighted by Crippen LogP contribution is 2.36. The molecule has 0 saturated heterocycles. The highest BCUT2D eigenvalue weighted by Gasteiger charge is 2.24. The van der Waals surface area contributed by atoms with Crippen LogP contribution in [0, 0.1) is 10.1 Å². The molecule has 0 spiro atoms. The smallest absolute Gasteiger partial charge is 0.387 e. The Hall–Kier alpha value is -3.63. The number of hydrogen-bond acceptors (Lipinski definition) is 8. The maximum Gasteiger partial charge on any atom is 0.387 e. The Morgan fingerprint density at radius 3 is 2.31 bits per heavy atom. The molecule has 0 heterocycles. The van der Waals surface area contributed by atoms with E-state index in [1.54, 1.807) is 12.1 Å². The summed E-state index contributed by atoms with van der Waals surface area (Å²) in [7, 11) is 3.91. The molecule has 9 nitrogen and oxygen atoms in total. The van der Waals surface area contributed by atoms with Crippen LogP contribution in [0.3, 0.4) is 0 Å². The van der Waals surface area contributed by atoms with E-state index in [2.05, 4.69) is 4.74 Å². The second kappa shape index (κ2) is 9.53. The first-order valence-corrected chi connectivity index (χ1v) is 8.00. The molecule has 0 radical (unpaired) electrons. The Kier molecular flexibility index (Phi) is 7.12. The second-order valence-electron chi connectivity index (χ2n) is 5.38. The first-order chi connectivity index (χ1) is 13.8. The molecule has 0 unspecified atom stereocenters. The number of benzene rings is 2. The van der Waals surface area contributed by atoms with Gasteiger partial charge in [0, 0.05) is 0 Å². The molecular weight excluding hydrogens is 396 g/mol. The number of nitro groups is 1. The Labute approximate surface area is 163 Å². The summed E-state index contributed by atoms with van der Waals surface area (Å²) in [5.41, 5.74) is -0.616. The number of hydrogen-bond donors (Lipinski definition) is 0. The van der Waals surface area contributed by atoms with E-state index in [0.29, 0.717) is 5.75 Å². The molecule has 0 aliphatic carbocycles. The zero-order valence-corrected chi connectivity index (χ0v) is 15.6. The van der Waals surface area contributed by atoms with Gasteiger partial charge in [-0.2, -0.15) is 8.78 Å². The molecule has 0 amide bonds. The van der Waals surface area contributed by atoms with Crippen molar-refractivity contribution < 1.29 is 42.2 Å². The van der Waals surface area contributed by atoms with E-state index in [-0.39, 0.29) is 22.6 Å². The van der Waals surface area contributed by atoms with Crippen molar-refractivity contribution in [2.75, 3.05) is 21.3 Å². The summed E-state index contributed by atoms with van der Waals surface area (Å²) >= 11 is 0. The zero-order valence-electron chi connectivity index (χ0n) is 15.6. The fraction of sp³-hybridized carbons (Fsp3) is 0.278. The first kappa shape index (κ1) is 21.7. The van der Waals surface area contributed by atoms with Crippen LogP contribution < -0.4 is 18.9 Å². The zero-order chi connectivity index (χ0) is 21.6. The third-order valence-electron chi connectivity index (χ3n) is 3.76. The molecule has 29 heavy (non-hydrogen) atoms. The predicted octanol–water partition coefficient (Wildman–Crippen LogP) is 3.58. The fourth-order valence-corrected chi connectivity index (χ4v) is 2.49. The third kappa shape index (κ3) is 5.00. The summed E-state index contributed by atoms with van der Waals surface area (Å²) < 4.78 is 49.6. The van der Waals surface area contributed by atoms with Crippen molar-refractivity contribution in [1.29, 1.82) is 0 Å². The standard InChI is InChI=1S/C18H17F2NO8/c1-25-13-6-4-5-11(16(13)27-3)17(22)28-9-10-7-14(26-2)15(29-18(19)20)8-12(10)21(23)24/h4-8,18H,9H2,1-3H3. The van der Waals surface area contributed by atoms with Gasteiger partial charge in [0.25, 0.3) is 5.69 Å². The Bertz CT molecular complexity index is 904. The number of ether oxygens (including phenoxy) is 5. The molecule has 0 aliphatic rings. The summed E-state index contributed by atoms with van der Waals surface area (Å²) in [5.74, 6) is -1.10. The van der Waals surface area contributed by atoms with Crippen LogP contribution in [0.15, 0.2) is 30.3 Å². The summed E-state index contributed by atoms with van der Waals surface area (Å²) in [6, 6.07) is 6.41. The van der Waals surface area contributed by atoms with E-state index in [4.69, 9.17) is 18.9 Å². The van der Waals surface area contributed by atoms with E-state index < -0.39 is 35.5 Å². The van der Waals surface area contributed by atoms with Crippen molar-refractivity contribution in [3.63, 3.8) is 0 Å². The van der Waals surface area contributed by atoms with Gasteiger partial charge in [-0.05, 0) is 18.2 Å². The van der Waals surface area contributed by atoms with Crippen LogP contribution in [0.4, 0.5) is 14.5 Å². The molecule has 2 rings (SSSR count). The average molecular weight is 413 g/mol. The van der Waals surface area contributed by atoms with Crippen molar-refractivity contribution in [2.45, 2.75) is 13.2 Å². The predicted molar refractivity (Wildman–Crippen MR) is 94.9 cm³/mol. The van der Waals surface area contributed by atoms with Gasteiger partial charge in [-0.25, -0.2) is 4.79 Å². The third-order valence-corrected chi connectivity index (χ3v) is 3.76. The molecule has 2 aromatic rings. The highest BCUT2D eigenvalue weighted by molar-refractivity contribution is 5.93. The van der Waals surface area contributed by atoms with Gasteiger partial charge in [0.15, 0.2) is 23.0 Å². The van der Waals surface area contributed by atoms with Gasteiger partial charge in [0.1, 0.15) is 12.2 Å². The van der Waals surface area contributed by atoms with Crippen LogP contribution in [-0.2, 0) is 11.3 Å². The number of nitro benzene ring substituents is 1. The number of rotatable bonds is 9. The number of para-hydroxylation sites is 1. The fourth-order valence-electron chi connectivity index (χ4n) is 2.49. The monoisotopic (exact) mass is 413 g/mol. The molecular formula is C18H17F2NO8. The average Bonchev–Trinajstić information content (AvgIpc) is 2.70. The van der Waals surface area contributed by atoms with E-state index >= 15 is 0 Å². The number of carbonyl (C=O) groups excluding carboxylic acids is 1. The van der Waals surface area contributed by atoms with Crippen LogP contribution >= 0.6 is 0 Å². The molecule has 0 aliphatic heterocycles. The van der Waals surface area contributed by atoms with Gasteiger partial charge in [-0.3, -0.25) is 10.1 Å². The van der Waals surface area contributed by atoms with Gasteiger partial charge in [0.2, 0.25) is 0 Å². The van der Waals surface area contributed by atoms with Crippen LogP contribution in [0.25, 0.3) is 0 Å². The maximum atomic E-state index is 12.5. The van der Waals surface area contributed by atoms with Gasteiger partial charge in [-0.15, -0.1) is 0 Å². The number of nitrogens with zero attached hydrogens (tertiary/aromatic N) is 1. The van der Waals surface area contributed by atoms with Crippen LogP contribution in [0.5, 0.6) is 23.0 Å². The normalized spacial score (nSPS) is 10.4. The molecule has 156 valence electrons. The lowest BCUT2D eigenvalue weighted by Gasteiger charge is -2.14. The minimum absolute atomic E-state index is 0.0409. The Morgan fingerprint density at radius 2 is 1.76 bits per heavy atom. The molecule has 11 heteroatoms. The molecule has 2 aromatic carbocycles. The summed E-state index contributed by atoms with van der Waals surface area (Å²) in [6.45, 7) is -3.73. The number of carbonyl (C=O) groups is 1. The van der Waals surface area contributed by atoms with Gasteiger partial charge in [0.05, 0.1) is 37.9 Å². The van der Waals surface area contributed by atoms with Crippen LogP contribution in [0.2, 0.25) is 0 Å². The Balaban J connectivity index is 2.32. The topological polar surface area (TPSA) is 106 Å². The van der Waals surface area contributed by atoms with Crippen molar-refractivity contribution in [2.24, 2.45) is 0 Å². The molecule has 0 fully saturated rings. The van der Waals surface area contributed by atoms with E-state index in [1.807, 2.05) is 0 Å². The molecule has 0 aromatic heterocycles. The summed E-state index contributed by atoms with van der Waals surface area (Å²) in [4.78, 5) is 22.9. The van der Waals surface area contributed by atoms with E-state index in [0.717, 1.165) is 12.1 Å². The largest absolute Gasteiger partial charge is 0.493 e. The van der Waals surface area contributed by atoms with Crippen molar-refractivity contribution >= 4 is 11.7 Å². The van der Waals surface area contributed by atoms with Crippen LogP contribution in [-0.4, -0.2) is 38.8 Å². The molecule has 0 atom stereocenters. The first-order valence-electron chi connectivity index (χ1n) is 8.00. The van der Waals surface area contributed by atoms with Crippen LogP contribution in [0.1, 0.15) is 15.9 Å². The summed E-state index contributed by atoms with van der Waals surface area (Å²) in [5, 5.41) is 11.3. The lowest BCUT2D eigenvalue weighted by atomic mass is 10.1. The minimum Gasteiger partial charge on any atom is -0.493 e. The van der Waals surface area contributed by atoms with Gasteiger partial charge in [-0.1, -0.05) is 6.07 Å². The van der Waals surface area contributed by atoms with Crippen molar-refractivity contribution in [3.05, 3.63) is 51.6 Å². The summed E-state index contributed by atoms with van der Waals surface area (Å²) in [6.07, 6.45) is 0.